The van der Waals surface area contributed by atoms with Crippen LogP contribution in [0.5, 0.6) is 0 Å². The Morgan fingerprint density at radius 1 is 1.11 bits per heavy atom. The van der Waals surface area contributed by atoms with Gasteiger partial charge in [0.25, 0.3) is 0 Å². The number of hydrogen-bond acceptors (Lipinski definition) is 5. The molecule has 2 rings (SSSR count). The molecule has 7 nitrogen and oxygen atoms in total. The van der Waals surface area contributed by atoms with Crippen LogP contribution in [0.1, 0.15) is 52.9 Å². The highest BCUT2D eigenvalue weighted by molar-refractivity contribution is 6.04. The monoisotopic (exact) mass is 371 g/mol. The molecular weight excluding hydrogens is 346 g/mol. The lowest BCUT2D eigenvalue weighted by molar-refractivity contribution is -0.114. The molecule has 1 amide bonds. The first kappa shape index (κ1) is 20.2. The molecule has 0 aliphatic carbocycles. The molecule has 144 valence electrons. The number of rotatable bonds is 7. The predicted molar refractivity (Wildman–Crippen MR) is 104 cm³/mol. The highest BCUT2D eigenvalue weighted by Crippen LogP contribution is 2.22. The molecule has 1 heterocycles. The van der Waals surface area contributed by atoms with Crippen molar-refractivity contribution in [2.24, 2.45) is 0 Å². The van der Waals surface area contributed by atoms with Crippen LogP contribution in [0.15, 0.2) is 24.3 Å². The van der Waals surface area contributed by atoms with Crippen LogP contribution < -0.4 is 10.6 Å². The summed E-state index contributed by atoms with van der Waals surface area (Å²) >= 11 is 0. The number of ether oxygens (including phenoxy) is 1. The molecule has 0 bridgehead atoms. The Kier molecular flexibility index (Phi) is 6.39. The summed E-state index contributed by atoms with van der Waals surface area (Å²) in [7, 11) is 0. The van der Waals surface area contributed by atoms with Crippen molar-refractivity contribution >= 4 is 29.0 Å². The van der Waals surface area contributed by atoms with Gasteiger partial charge in [0.15, 0.2) is 0 Å². The Bertz CT molecular complexity index is 853. The molecule has 0 aliphatic heterocycles. The number of Topliss-reactive ketones (excluding diaryl/α,β-unsaturated/α-hetero) is 1. The van der Waals surface area contributed by atoms with E-state index in [9.17, 15) is 14.4 Å². The van der Waals surface area contributed by atoms with Crippen LogP contribution >= 0.6 is 0 Å². The van der Waals surface area contributed by atoms with Crippen molar-refractivity contribution < 1.29 is 19.1 Å². The first-order valence-corrected chi connectivity index (χ1v) is 8.79. The van der Waals surface area contributed by atoms with Gasteiger partial charge in [-0.25, -0.2) is 4.79 Å². The van der Waals surface area contributed by atoms with E-state index in [1.807, 2.05) is 0 Å². The van der Waals surface area contributed by atoms with Crippen molar-refractivity contribution in [3.05, 3.63) is 46.8 Å². The quantitative estimate of drug-likeness (QED) is 0.511. The third kappa shape index (κ3) is 4.75. The maximum Gasteiger partial charge on any atom is 0.340 e. The van der Waals surface area contributed by atoms with Crippen LogP contribution in [0.4, 0.5) is 11.4 Å². The molecule has 3 N–H and O–H groups in total. The standard InChI is InChI=1S/C20H25N3O4/c1-6-27-20(26)17-11(2)18(22-12(17)3)19(25)13(4)21-15-7-9-16(10-8-15)23-14(5)24/h7-10,13,21-22H,6H2,1-5H3,(H,23,24)/t13-/m0/s1. The number of hydrogen-bond donors (Lipinski definition) is 3. The van der Waals surface area contributed by atoms with Gasteiger partial charge in [0.1, 0.15) is 0 Å². The molecule has 0 unspecified atom stereocenters. The van der Waals surface area contributed by atoms with E-state index in [0.717, 1.165) is 5.69 Å². The topological polar surface area (TPSA) is 100 Å². The molecule has 7 heteroatoms. The minimum absolute atomic E-state index is 0.144. The van der Waals surface area contributed by atoms with Crippen LogP contribution in [-0.2, 0) is 9.53 Å². The van der Waals surface area contributed by atoms with Gasteiger partial charge in [0.05, 0.1) is 23.9 Å². The number of carbonyl (C=O) groups is 3. The molecule has 27 heavy (non-hydrogen) atoms. The maximum atomic E-state index is 12.8. The summed E-state index contributed by atoms with van der Waals surface area (Å²) in [4.78, 5) is 39.0. The van der Waals surface area contributed by atoms with Crippen LogP contribution in [-0.4, -0.2) is 35.3 Å². The Morgan fingerprint density at radius 3 is 2.26 bits per heavy atom. The zero-order valence-corrected chi connectivity index (χ0v) is 16.2. The number of carbonyl (C=O) groups excluding carboxylic acids is 3. The van der Waals surface area contributed by atoms with E-state index in [0.29, 0.717) is 28.2 Å². The molecule has 2 aromatic rings. The van der Waals surface area contributed by atoms with Crippen molar-refractivity contribution in [3.63, 3.8) is 0 Å². The molecule has 0 saturated carbocycles. The third-order valence-electron chi connectivity index (χ3n) is 4.15. The summed E-state index contributed by atoms with van der Waals surface area (Å²) in [5, 5.41) is 5.82. The second-order valence-corrected chi connectivity index (χ2v) is 6.33. The van der Waals surface area contributed by atoms with Gasteiger partial charge in [0.2, 0.25) is 11.7 Å². The first-order valence-electron chi connectivity index (χ1n) is 8.79. The molecule has 0 spiro atoms. The van der Waals surface area contributed by atoms with Gasteiger partial charge in [-0.2, -0.15) is 0 Å². The maximum absolute atomic E-state index is 12.8. The van der Waals surface area contributed by atoms with Crippen molar-refractivity contribution in [2.75, 3.05) is 17.2 Å². The number of anilines is 2. The Labute approximate surface area is 158 Å². The van der Waals surface area contributed by atoms with Gasteiger partial charge in [-0.15, -0.1) is 0 Å². The van der Waals surface area contributed by atoms with E-state index in [1.54, 1.807) is 52.0 Å². The number of nitrogens with one attached hydrogen (secondary N) is 3. The zero-order chi connectivity index (χ0) is 20.1. The Balaban J connectivity index is 2.14. The highest BCUT2D eigenvalue weighted by Gasteiger charge is 2.25. The lowest BCUT2D eigenvalue weighted by Gasteiger charge is -2.14. The van der Waals surface area contributed by atoms with Crippen LogP contribution in [0.3, 0.4) is 0 Å². The van der Waals surface area contributed by atoms with Gasteiger partial charge in [0, 0.05) is 24.0 Å². The van der Waals surface area contributed by atoms with Gasteiger partial charge >= 0.3 is 5.97 Å². The first-order chi connectivity index (χ1) is 12.7. The van der Waals surface area contributed by atoms with E-state index in [1.165, 1.54) is 6.92 Å². The third-order valence-corrected chi connectivity index (χ3v) is 4.15. The SMILES string of the molecule is CCOC(=O)c1c(C)[nH]c(C(=O)[C@H](C)Nc2ccc(NC(C)=O)cc2)c1C. The zero-order valence-electron chi connectivity index (χ0n) is 16.2. The van der Waals surface area contributed by atoms with E-state index in [4.69, 9.17) is 4.74 Å². The number of ketones is 1. The fraction of sp³-hybridized carbons (Fsp3) is 0.350. The smallest absolute Gasteiger partial charge is 0.340 e. The summed E-state index contributed by atoms with van der Waals surface area (Å²) in [6.07, 6.45) is 0. The number of esters is 1. The van der Waals surface area contributed by atoms with Gasteiger partial charge in [-0.3, -0.25) is 9.59 Å². The van der Waals surface area contributed by atoms with Crippen LogP contribution in [0, 0.1) is 13.8 Å². The van der Waals surface area contributed by atoms with Crippen molar-refractivity contribution in [2.45, 2.75) is 40.7 Å². The second-order valence-electron chi connectivity index (χ2n) is 6.33. The normalized spacial score (nSPS) is 11.6. The summed E-state index contributed by atoms with van der Waals surface area (Å²) < 4.78 is 5.06. The number of aryl methyl sites for hydroxylation is 1. The average molecular weight is 371 g/mol. The van der Waals surface area contributed by atoms with E-state index >= 15 is 0 Å². The number of aromatic nitrogens is 1. The number of benzene rings is 1. The van der Waals surface area contributed by atoms with Crippen molar-refractivity contribution in [3.8, 4) is 0 Å². The van der Waals surface area contributed by atoms with E-state index < -0.39 is 12.0 Å². The van der Waals surface area contributed by atoms with Crippen molar-refractivity contribution in [1.29, 1.82) is 0 Å². The molecule has 0 saturated heterocycles. The fourth-order valence-corrected chi connectivity index (χ4v) is 2.89. The van der Waals surface area contributed by atoms with Crippen LogP contribution in [0.25, 0.3) is 0 Å². The van der Waals surface area contributed by atoms with E-state index in [2.05, 4.69) is 15.6 Å². The minimum atomic E-state index is -0.511. The summed E-state index contributed by atoms with van der Waals surface area (Å²) in [5.74, 6) is -0.733. The summed E-state index contributed by atoms with van der Waals surface area (Å²) in [6.45, 7) is 8.69. The predicted octanol–water partition coefficient (Wildman–Crippen LogP) is 3.45. The highest BCUT2D eigenvalue weighted by atomic mass is 16.5. The van der Waals surface area contributed by atoms with Crippen LogP contribution in [0.2, 0.25) is 0 Å². The van der Waals surface area contributed by atoms with Gasteiger partial charge < -0.3 is 20.4 Å². The van der Waals surface area contributed by atoms with Crippen molar-refractivity contribution in [1.82, 2.24) is 4.98 Å². The molecule has 1 aromatic heterocycles. The molecule has 1 atom stereocenters. The summed E-state index contributed by atoms with van der Waals surface area (Å²) in [5.41, 5.74) is 3.43. The Hall–Kier alpha value is -3.09. The molecule has 1 aromatic carbocycles. The number of aromatic amines is 1. The number of amides is 1. The second kappa shape index (κ2) is 8.53. The summed E-state index contributed by atoms with van der Waals surface area (Å²) in [6, 6.07) is 6.56. The number of H-pyrrole nitrogens is 1. The molecule has 0 fully saturated rings. The molecule has 0 radical (unpaired) electrons. The minimum Gasteiger partial charge on any atom is -0.462 e. The molecule has 0 aliphatic rings. The largest absolute Gasteiger partial charge is 0.462 e. The lowest BCUT2D eigenvalue weighted by atomic mass is 10.0. The Morgan fingerprint density at radius 2 is 1.70 bits per heavy atom. The van der Waals surface area contributed by atoms with Gasteiger partial charge in [-0.05, 0) is 57.5 Å². The average Bonchev–Trinajstić information content (AvgIpc) is 2.90. The van der Waals surface area contributed by atoms with Gasteiger partial charge in [-0.1, -0.05) is 0 Å². The molecular formula is C20H25N3O4. The fourth-order valence-electron chi connectivity index (χ4n) is 2.89. The lowest BCUT2D eigenvalue weighted by Crippen LogP contribution is -2.27. The van der Waals surface area contributed by atoms with E-state index in [-0.39, 0.29) is 18.3 Å².